The number of ether oxygens (including phenoxy) is 1. The molecule has 0 aromatic heterocycles. The molecule has 1 rings (SSSR count). The highest BCUT2D eigenvalue weighted by molar-refractivity contribution is 7.91. The van der Waals surface area contributed by atoms with E-state index in [2.05, 4.69) is 5.32 Å². The molecule has 0 radical (unpaired) electrons. The minimum atomic E-state index is -2.83. The molecule has 0 aromatic rings. The van der Waals surface area contributed by atoms with Crippen molar-refractivity contribution in [3.05, 3.63) is 0 Å². The van der Waals surface area contributed by atoms with E-state index >= 15 is 0 Å². The smallest absolute Gasteiger partial charge is 0.152 e. The van der Waals surface area contributed by atoms with Gasteiger partial charge in [0, 0.05) is 19.2 Å². The zero-order valence-electron chi connectivity index (χ0n) is 10.0. The number of methoxy groups -OCH3 is 1. The Kier molecular flexibility index (Phi) is 4.73. The Labute approximate surface area is 97.6 Å². The molecule has 0 aliphatic carbocycles. The van der Waals surface area contributed by atoms with Crippen molar-refractivity contribution in [2.45, 2.75) is 31.4 Å². The molecule has 0 amide bonds. The first-order valence-electron chi connectivity index (χ1n) is 5.59. The summed E-state index contributed by atoms with van der Waals surface area (Å²) in [5.74, 6) is 0.529. The fourth-order valence-electron chi connectivity index (χ4n) is 2.02. The van der Waals surface area contributed by atoms with Crippen LogP contribution < -0.4 is 11.1 Å². The van der Waals surface area contributed by atoms with Crippen molar-refractivity contribution in [3.8, 4) is 0 Å². The van der Waals surface area contributed by atoms with Crippen LogP contribution in [0.3, 0.4) is 0 Å². The van der Waals surface area contributed by atoms with Gasteiger partial charge in [0.15, 0.2) is 9.84 Å². The first kappa shape index (κ1) is 13.9. The largest absolute Gasteiger partial charge is 0.380 e. The Morgan fingerprint density at radius 2 is 2.25 bits per heavy atom. The van der Waals surface area contributed by atoms with Crippen LogP contribution >= 0.6 is 0 Å². The number of sulfone groups is 1. The molecule has 1 aliphatic rings. The van der Waals surface area contributed by atoms with E-state index in [-0.39, 0.29) is 17.4 Å². The van der Waals surface area contributed by atoms with E-state index in [0.29, 0.717) is 18.7 Å². The standard InChI is InChI=1S/C10H22N2O3S/c1-10(4-6-16(13,14)8-10)12-5-3-9(7-11)15-2/h9,12H,3-8,11H2,1-2H3. The molecule has 2 atom stereocenters. The maximum atomic E-state index is 11.4. The Morgan fingerprint density at radius 3 is 2.69 bits per heavy atom. The third kappa shape index (κ3) is 4.01. The van der Waals surface area contributed by atoms with E-state index in [9.17, 15) is 8.42 Å². The van der Waals surface area contributed by atoms with Crippen molar-refractivity contribution in [2.24, 2.45) is 5.73 Å². The second-order valence-electron chi connectivity index (χ2n) is 4.71. The Bertz CT molecular complexity index is 314. The highest BCUT2D eigenvalue weighted by Gasteiger charge is 2.37. The summed E-state index contributed by atoms with van der Waals surface area (Å²) in [7, 11) is -1.20. The van der Waals surface area contributed by atoms with Crippen molar-refractivity contribution in [3.63, 3.8) is 0 Å². The molecule has 1 fully saturated rings. The molecule has 1 saturated heterocycles. The van der Waals surface area contributed by atoms with Crippen molar-refractivity contribution in [2.75, 3.05) is 31.7 Å². The summed E-state index contributed by atoms with van der Waals surface area (Å²) >= 11 is 0. The van der Waals surface area contributed by atoms with Crippen molar-refractivity contribution in [1.82, 2.24) is 5.32 Å². The van der Waals surface area contributed by atoms with Crippen LogP contribution in [0.2, 0.25) is 0 Å². The van der Waals surface area contributed by atoms with Gasteiger partial charge in [-0.05, 0) is 26.3 Å². The van der Waals surface area contributed by atoms with Crippen molar-refractivity contribution < 1.29 is 13.2 Å². The van der Waals surface area contributed by atoms with E-state index in [0.717, 1.165) is 13.0 Å². The highest BCUT2D eigenvalue weighted by Crippen LogP contribution is 2.22. The minimum absolute atomic E-state index is 0.0501. The molecular formula is C10H22N2O3S. The molecule has 0 spiro atoms. The summed E-state index contributed by atoms with van der Waals surface area (Å²) in [6.45, 7) is 3.19. The lowest BCUT2D eigenvalue weighted by Crippen LogP contribution is -2.45. The normalized spacial score (nSPS) is 30.4. The number of nitrogens with two attached hydrogens (primary N) is 1. The Balaban J connectivity index is 2.33. The lowest BCUT2D eigenvalue weighted by molar-refractivity contribution is 0.100. The summed E-state index contributed by atoms with van der Waals surface area (Å²) in [4.78, 5) is 0. The molecular weight excluding hydrogens is 228 g/mol. The van der Waals surface area contributed by atoms with Gasteiger partial charge in [0.2, 0.25) is 0 Å². The van der Waals surface area contributed by atoms with Crippen LogP contribution in [0.15, 0.2) is 0 Å². The lowest BCUT2D eigenvalue weighted by Gasteiger charge is -2.25. The fourth-order valence-corrected chi connectivity index (χ4v) is 4.14. The Morgan fingerprint density at radius 1 is 1.56 bits per heavy atom. The molecule has 6 heteroatoms. The summed E-state index contributed by atoms with van der Waals surface area (Å²) in [6.07, 6.45) is 1.55. The van der Waals surface area contributed by atoms with Gasteiger partial charge in [0.25, 0.3) is 0 Å². The summed E-state index contributed by atoms with van der Waals surface area (Å²) in [6, 6.07) is 0. The number of nitrogens with one attached hydrogen (secondary N) is 1. The van der Waals surface area contributed by atoms with Crippen LogP contribution in [0.5, 0.6) is 0 Å². The molecule has 3 N–H and O–H groups in total. The molecule has 0 bridgehead atoms. The summed E-state index contributed by atoms with van der Waals surface area (Å²) < 4.78 is 27.9. The average Bonchev–Trinajstić information content (AvgIpc) is 2.48. The van der Waals surface area contributed by atoms with Crippen LogP contribution in [0.4, 0.5) is 0 Å². The van der Waals surface area contributed by atoms with E-state index in [4.69, 9.17) is 10.5 Å². The maximum absolute atomic E-state index is 11.4. The van der Waals surface area contributed by atoms with Gasteiger partial charge in [-0.15, -0.1) is 0 Å². The van der Waals surface area contributed by atoms with Gasteiger partial charge in [-0.1, -0.05) is 0 Å². The predicted octanol–water partition coefficient (Wildman–Crippen LogP) is -0.483. The second kappa shape index (κ2) is 5.44. The number of rotatable bonds is 6. The molecule has 1 aliphatic heterocycles. The zero-order valence-corrected chi connectivity index (χ0v) is 10.8. The lowest BCUT2D eigenvalue weighted by atomic mass is 10.0. The van der Waals surface area contributed by atoms with Crippen molar-refractivity contribution >= 4 is 9.84 Å². The SMILES string of the molecule is COC(CN)CCNC1(C)CCS(=O)(=O)C1. The van der Waals surface area contributed by atoms with Gasteiger partial charge in [-0.25, -0.2) is 8.42 Å². The predicted molar refractivity (Wildman–Crippen MR) is 64.1 cm³/mol. The maximum Gasteiger partial charge on any atom is 0.152 e. The summed E-state index contributed by atoms with van der Waals surface area (Å²) in [5.41, 5.74) is 5.23. The van der Waals surface area contributed by atoms with E-state index in [1.165, 1.54) is 0 Å². The monoisotopic (exact) mass is 250 g/mol. The van der Waals surface area contributed by atoms with E-state index in [1.807, 2.05) is 6.92 Å². The minimum Gasteiger partial charge on any atom is -0.380 e. The third-order valence-corrected chi connectivity index (χ3v) is 5.02. The first-order valence-corrected chi connectivity index (χ1v) is 7.41. The summed E-state index contributed by atoms with van der Waals surface area (Å²) in [5, 5.41) is 3.30. The quantitative estimate of drug-likeness (QED) is 0.665. The molecule has 0 saturated carbocycles. The number of hydrogen-bond acceptors (Lipinski definition) is 5. The van der Waals surface area contributed by atoms with Crippen LogP contribution in [0.1, 0.15) is 19.8 Å². The van der Waals surface area contributed by atoms with Gasteiger partial charge in [0.1, 0.15) is 0 Å². The highest BCUT2D eigenvalue weighted by atomic mass is 32.2. The van der Waals surface area contributed by atoms with Gasteiger partial charge >= 0.3 is 0 Å². The molecule has 16 heavy (non-hydrogen) atoms. The zero-order chi connectivity index (χ0) is 12.2. The fraction of sp³-hybridized carbons (Fsp3) is 1.00. The number of hydrogen-bond donors (Lipinski definition) is 2. The van der Waals surface area contributed by atoms with Crippen LogP contribution in [-0.4, -0.2) is 51.8 Å². The molecule has 96 valence electrons. The molecule has 0 aromatic carbocycles. The molecule has 5 nitrogen and oxygen atoms in total. The van der Waals surface area contributed by atoms with Gasteiger partial charge < -0.3 is 15.8 Å². The topological polar surface area (TPSA) is 81.4 Å². The van der Waals surface area contributed by atoms with E-state index < -0.39 is 9.84 Å². The molecule has 2 unspecified atom stereocenters. The Hall–Kier alpha value is -0.170. The second-order valence-corrected chi connectivity index (χ2v) is 6.90. The van der Waals surface area contributed by atoms with Crippen LogP contribution in [0.25, 0.3) is 0 Å². The van der Waals surface area contributed by atoms with Gasteiger partial charge in [0.05, 0.1) is 17.6 Å². The first-order chi connectivity index (χ1) is 7.41. The molecule has 1 heterocycles. The van der Waals surface area contributed by atoms with Crippen LogP contribution in [-0.2, 0) is 14.6 Å². The average molecular weight is 250 g/mol. The third-order valence-electron chi connectivity index (χ3n) is 3.12. The van der Waals surface area contributed by atoms with Gasteiger partial charge in [-0.3, -0.25) is 0 Å². The van der Waals surface area contributed by atoms with Gasteiger partial charge in [-0.2, -0.15) is 0 Å². The van der Waals surface area contributed by atoms with Crippen LogP contribution in [0, 0.1) is 0 Å². The van der Waals surface area contributed by atoms with Crippen molar-refractivity contribution in [1.29, 1.82) is 0 Å². The van der Waals surface area contributed by atoms with E-state index in [1.54, 1.807) is 7.11 Å².